The van der Waals surface area contributed by atoms with E-state index in [0.29, 0.717) is 35.9 Å². The molecule has 1 aliphatic heterocycles. The minimum absolute atomic E-state index is 0.0742. The van der Waals surface area contributed by atoms with E-state index in [0.717, 1.165) is 43.3 Å². The minimum atomic E-state index is -0.193. The molecule has 2 fully saturated rings. The second-order valence-corrected chi connectivity index (χ2v) is 9.58. The zero-order chi connectivity index (χ0) is 23.8. The Morgan fingerprint density at radius 2 is 2.03 bits per heavy atom. The van der Waals surface area contributed by atoms with Gasteiger partial charge in [0.05, 0.1) is 12.7 Å². The topological polar surface area (TPSA) is 106 Å². The van der Waals surface area contributed by atoms with Gasteiger partial charge in [0, 0.05) is 36.8 Å². The van der Waals surface area contributed by atoms with Gasteiger partial charge in [0.2, 0.25) is 0 Å². The van der Waals surface area contributed by atoms with E-state index < -0.39 is 0 Å². The van der Waals surface area contributed by atoms with Gasteiger partial charge in [-0.15, -0.1) is 0 Å². The number of nitrogens with zero attached hydrogens (tertiary/aromatic N) is 5. The van der Waals surface area contributed by atoms with Crippen molar-refractivity contribution in [1.29, 1.82) is 0 Å². The van der Waals surface area contributed by atoms with Crippen LogP contribution >= 0.6 is 0 Å². The van der Waals surface area contributed by atoms with E-state index in [2.05, 4.69) is 20.4 Å². The number of hydrogen-bond donors (Lipinski definition) is 1. The SMILES string of the molecule is O=C(NCC1CC12CCN(C(=O)c1cccc(Cn3cncn3)c1)CC2)c1cc2ccncc2o1. The number of carbonyl (C=O) groups excluding carboxylic acids is 2. The van der Waals surface area contributed by atoms with Crippen LogP contribution in [-0.4, -0.2) is 56.1 Å². The largest absolute Gasteiger partial charge is 0.449 e. The summed E-state index contributed by atoms with van der Waals surface area (Å²) in [5, 5.41) is 8.04. The van der Waals surface area contributed by atoms with Crippen molar-refractivity contribution >= 4 is 22.8 Å². The maximum atomic E-state index is 13.1. The van der Waals surface area contributed by atoms with E-state index >= 15 is 0 Å². The maximum absolute atomic E-state index is 13.1. The van der Waals surface area contributed by atoms with Crippen molar-refractivity contribution in [3.8, 4) is 0 Å². The molecule has 0 bridgehead atoms. The monoisotopic (exact) mass is 470 g/mol. The number of nitrogens with one attached hydrogen (secondary N) is 1. The molecule has 9 heteroatoms. The summed E-state index contributed by atoms with van der Waals surface area (Å²) < 4.78 is 7.35. The first-order chi connectivity index (χ1) is 17.1. The molecule has 1 saturated carbocycles. The van der Waals surface area contributed by atoms with Gasteiger partial charge in [-0.05, 0) is 60.4 Å². The summed E-state index contributed by atoms with van der Waals surface area (Å²) in [7, 11) is 0. The lowest BCUT2D eigenvalue weighted by Gasteiger charge is -2.33. The first kappa shape index (κ1) is 21.5. The smallest absolute Gasteiger partial charge is 0.287 e. The second-order valence-electron chi connectivity index (χ2n) is 9.58. The molecule has 4 heterocycles. The molecule has 1 aromatic carbocycles. The Hall–Kier alpha value is -4.01. The van der Waals surface area contributed by atoms with Crippen molar-refractivity contribution in [1.82, 2.24) is 30.0 Å². The molecule has 2 amide bonds. The fourth-order valence-electron chi connectivity index (χ4n) is 5.27. The highest BCUT2D eigenvalue weighted by Gasteiger charge is 2.54. The quantitative estimate of drug-likeness (QED) is 0.464. The minimum Gasteiger partial charge on any atom is -0.449 e. The highest BCUT2D eigenvalue weighted by Crippen LogP contribution is 2.59. The van der Waals surface area contributed by atoms with Crippen LogP contribution in [0.5, 0.6) is 0 Å². The molecule has 1 unspecified atom stereocenters. The first-order valence-electron chi connectivity index (χ1n) is 11.9. The predicted octanol–water partition coefficient (Wildman–Crippen LogP) is 3.14. The van der Waals surface area contributed by atoms with Crippen LogP contribution < -0.4 is 5.32 Å². The number of aromatic nitrogens is 4. The van der Waals surface area contributed by atoms with E-state index in [1.165, 1.54) is 6.33 Å². The van der Waals surface area contributed by atoms with Gasteiger partial charge in [0.1, 0.15) is 12.7 Å². The van der Waals surface area contributed by atoms with Crippen LogP contribution in [-0.2, 0) is 6.54 Å². The molecule has 1 spiro atoms. The molecule has 178 valence electrons. The highest BCUT2D eigenvalue weighted by atomic mass is 16.3. The molecule has 9 nitrogen and oxygen atoms in total. The number of piperidine rings is 1. The fourth-order valence-corrected chi connectivity index (χ4v) is 5.27. The number of hydrogen-bond acceptors (Lipinski definition) is 6. The number of carbonyl (C=O) groups is 2. The Labute approximate surface area is 202 Å². The van der Waals surface area contributed by atoms with Gasteiger partial charge >= 0.3 is 0 Å². The number of rotatable bonds is 6. The summed E-state index contributed by atoms with van der Waals surface area (Å²) >= 11 is 0. The van der Waals surface area contributed by atoms with E-state index in [1.54, 1.807) is 29.5 Å². The molecule has 0 radical (unpaired) electrons. The molecule has 1 N–H and O–H groups in total. The third-order valence-corrected chi connectivity index (χ3v) is 7.45. The molecule has 1 atom stereocenters. The van der Waals surface area contributed by atoms with Gasteiger partial charge < -0.3 is 14.6 Å². The molecule has 2 aliphatic rings. The van der Waals surface area contributed by atoms with Crippen molar-refractivity contribution in [2.75, 3.05) is 19.6 Å². The Morgan fingerprint density at radius 3 is 2.83 bits per heavy atom. The van der Waals surface area contributed by atoms with Crippen LogP contribution in [0.15, 0.2) is 65.9 Å². The van der Waals surface area contributed by atoms with Crippen molar-refractivity contribution in [3.63, 3.8) is 0 Å². The summed E-state index contributed by atoms with van der Waals surface area (Å²) in [4.78, 5) is 35.6. The lowest BCUT2D eigenvalue weighted by Crippen LogP contribution is -2.40. The average Bonchev–Trinajstić information content (AvgIpc) is 3.23. The van der Waals surface area contributed by atoms with Crippen LogP contribution in [0.4, 0.5) is 0 Å². The zero-order valence-electron chi connectivity index (χ0n) is 19.3. The number of amides is 2. The van der Waals surface area contributed by atoms with Gasteiger partial charge in [0.25, 0.3) is 11.8 Å². The standard InChI is InChI=1S/C26H26N6O3/c33-24(22-11-19-4-7-27-14-23(19)35-22)29-13-21-12-26(21)5-8-31(9-6-26)25(34)20-3-1-2-18(10-20)15-32-17-28-16-30-32/h1-4,7,10-11,14,16-17,21H,5-6,8-9,12-13,15H2,(H,29,33). The van der Waals surface area contributed by atoms with Crippen LogP contribution in [0, 0.1) is 11.3 Å². The van der Waals surface area contributed by atoms with E-state index in [4.69, 9.17) is 4.42 Å². The Kier molecular flexibility index (Phi) is 5.32. The summed E-state index contributed by atoms with van der Waals surface area (Å²) in [6, 6.07) is 11.3. The van der Waals surface area contributed by atoms with Gasteiger partial charge in [-0.3, -0.25) is 14.6 Å². The van der Waals surface area contributed by atoms with Gasteiger partial charge in [0.15, 0.2) is 11.3 Å². The summed E-state index contributed by atoms with van der Waals surface area (Å²) in [6.45, 7) is 2.70. The first-order valence-corrected chi connectivity index (χ1v) is 11.9. The lowest BCUT2D eigenvalue weighted by atomic mass is 9.90. The van der Waals surface area contributed by atoms with Crippen LogP contribution in [0.2, 0.25) is 0 Å². The average molecular weight is 471 g/mol. The van der Waals surface area contributed by atoms with E-state index in [-0.39, 0.29) is 17.2 Å². The Morgan fingerprint density at radius 1 is 1.14 bits per heavy atom. The molecule has 1 saturated heterocycles. The molecule has 4 aromatic rings. The molecule has 6 rings (SSSR count). The van der Waals surface area contributed by atoms with Crippen molar-refractivity contribution in [2.45, 2.75) is 25.8 Å². The van der Waals surface area contributed by atoms with E-state index in [1.807, 2.05) is 35.2 Å². The van der Waals surface area contributed by atoms with Crippen molar-refractivity contribution in [2.24, 2.45) is 11.3 Å². The second kappa shape index (κ2) is 8.65. The number of furan rings is 1. The normalized spacial score (nSPS) is 18.6. The Balaban J connectivity index is 1.01. The maximum Gasteiger partial charge on any atom is 0.287 e. The van der Waals surface area contributed by atoms with Crippen molar-refractivity contribution < 1.29 is 14.0 Å². The molecule has 3 aromatic heterocycles. The fraction of sp³-hybridized carbons (Fsp3) is 0.346. The summed E-state index contributed by atoms with van der Waals surface area (Å²) in [5.41, 5.74) is 2.57. The third kappa shape index (κ3) is 4.29. The van der Waals surface area contributed by atoms with Crippen LogP contribution in [0.1, 0.15) is 45.7 Å². The summed E-state index contributed by atoms with van der Waals surface area (Å²) in [5.74, 6) is 0.640. The van der Waals surface area contributed by atoms with Gasteiger partial charge in [-0.2, -0.15) is 5.10 Å². The predicted molar refractivity (Wildman–Crippen MR) is 128 cm³/mol. The number of fused-ring (bicyclic) bond motifs is 1. The van der Waals surface area contributed by atoms with Crippen LogP contribution in [0.25, 0.3) is 11.0 Å². The third-order valence-electron chi connectivity index (χ3n) is 7.45. The van der Waals surface area contributed by atoms with E-state index in [9.17, 15) is 9.59 Å². The number of benzene rings is 1. The van der Waals surface area contributed by atoms with Crippen molar-refractivity contribution in [3.05, 3.63) is 78.3 Å². The number of pyridine rings is 1. The molecule has 1 aliphatic carbocycles. The summed E-state index contributed by atoms with van der Waals surface area (Å²) in [6.07, 6.45) is 9.49. The van der Waals surface area contributed by atoms with Crippen LogP contribution in [0.3, 0.4) is 0 Å². The van der Waals surface area contributed by atoms with Gasteiger partial charge in [-0.25, -0.2) is 9.67 Å². The van der Waals surface area contributed by atoms with Gasteiger partial charge in [-0.1, -0.05) is 12.1 Å². The molecule has 35 heavy (non-hydrogen) atoms. The molecular weight excluding hydrogens is 444 g/mol. The highest BCUT2D eigenvalue weighted by molar-refractivity contribution is 5.96. The lowest BCUT2D eigenvalue weighted by molar-refractivity contribution is 0.0668. The number of likely N-dealkylation sites (tertiary alicyclic amines) is 1. The zero-order valence-corrected chi connectivity index (χ0v) is 19.3. The molecular formula is C26H26N6O3. The Bertz CT molecular complexity index is 1340.